The van der Waals surface area contributed by atoms with Crippen molar-refractivity contribution in [3.63, 3.8) is 0 Å². The highest BCUT2D eigenvalue weighted by Gasteiger charge is 1.55. The van der Waals surface area contributed by atoms with Crippen molar-refractivity contribution in [3.8, 4) is 0 Å². The Morgan fingerprint density at radius 2 is 1.29 bits per heavy atom. The zero-order valence-electron chi connectivity index (χ0n) is 3.63. The second-order valence-electron chi connectivity index (χ2n) is 0.885. The molecule has 0 aromatic carbocycles. The molecule has 42 valence electrons. The number of rotatable bonds is 0. The summed E-state index contributed by atoms with van der Waals surface area (Å²) in [6.45, 7) is 0. The van der Waals surface area contributed by atoms with Gasteiger partial charge in [0.05, 0.1) is 0 Å². The number of nitrogens with one attached hydrogen (secondary N) is 1. The molecule has 0 unspecified atom stereocenters. The molecule has 1 rings (SSSR count). The van der Waals surface area contributed by atoms with Crippen molar-refractivity contribution in [1.82, 2.24) is 4.98 Å². The van der Waals surface area contributed by atoms with Gasteiger partial charge in [0.15, 0.2) is 0 Å². The van der Waals surface area contributed by atoms with Gasteiger partial charge < -0.3 is 4.98 Å². The highest BCUT2D eigenvalue weighted by atomic mass is 79.9. The van der Waals surface area contributed by atoms with Crippen LogP contribution in [0.3, 0.4) is 0 Å². The van der Waals surface area contributed by atoms with Gasteiger partial charge in [-0.25, -0.2) is 0 Å². The molecule has 0 amide bonds. The first-order valence-corrected chi connectivity index (χ1v) is 1.58. The van der Waals surface area contributed by atoms with Gasteiger partial charge in [-0.2, -0.15) is 0 Å². The first kappa shape index (κ1) is 10.3. The minimum absolute atomic E-state index is 0. The molecule has 0 atom stereocenters. The fraction of sp³-hybridized carbons (Fsp3) is 0. The predicted molar refractivity (Wildman–Crippen MR) is 41.4 cm³/mol. The highest BCUT2D eigenvalue weighted by molar-refractivity contribution is 8.93. The Hall–Kier alpha value is 0.240. The maximum atomic E-state index is 2.86. The molecule has 1 nitrogen and oxygen atoms in total. The Balaban J connectivity index is 0. The molecule has 1 aromatic heterocycles. The molecule has 0 spiro atoms. The van der Waals surface area contributed by atoms with E-state index in [2.05, 4.69) is 4.98 Å². The van der Waals surface area contributed by atoms with Crippen LogP contribution in [0.2, 0.25) is 0 Å². The Bertz CT molecular complexity index is 66.2. The Morgan fingerprint density at radius 1 is 0.857 bits per heavy atom. The van der Waals surface area contributed by atoms with Gasteiger partial charge in [0.25, 0.3) is 0 Å². The van der Waals surface area contributed by atoms with E-state index in [1.54, 1.807) is 0 Å². The van der Waals surface area contributed by atoms with Crippen LogP contribution >= 0.6 is 34.0 Å². The molecule has 0 fully saturated rings. The van der Waals surface area contributed by atoms with Crippen LogP contribution in [0, 0.1) is 0 Å². The van der Waals surface area contributed by atoms with E-state index >= 15 is 0 Å². The lowest BCUT2D eigenvalue weighted by Gasteiger charge is -1.49. The molecule has 0 aliphatic carbocycles. The van der Waals surface area contributed by atoms with E-state index < -0.39 is 0 Å². The summed E-state index contributed by atoms with van der Waals surface area (Å²) in [4.78, 5) is 2.86. The molecule has 0 aliphatic heterocycles. The van der Waals surface area contributed by atoms with Gasteiger partial charge in [0.2, 0.25) is 0 Å². The molecule has 7 heavy (non-hydrogen) atoms. The fourth-order valence-electron chi connectivity index (χ4n) is 0.278. The van der Waals surface area contributed by atoms with Crippen LogP contribution in [0.1, 0.15) is 0 Å². The Kier molecular flexibility index (Phi) is 9.15. The highest BCUT2D eigenvalue weighted by Crippen LogP contribution is 1.72. The quantitative estimate of drug-likeness (QED) is 0.701. The van der Waals surface area contributed by atoms with Crippen LogP contribution in [-0.2, 0) is 0 Å². The van der Waals surface area contributed by atoms with Crippen LogP contribution < -0.4 is 0 Å². The Labute approximate surface area is 63.7 Å². The van der Waals surface area contributed by atoms with E-state index in [0.29, 0.717) is 0 Å². The standard InChI is InChI=1S/C4H5N.2BrH/c1-2-4-5-3-1;;/h1-5H;2*1H. The van der Waals surface area contributed by atoms with Crippen molar-refractivity contribution in [2.45, 2.75) is 0 Å². The van der Waals surface area contributed by atoms with E-state index in [-0.39, 0.29) is 34.0 Å². The number of halogens is 2. The van der Waals surface area contributed by atoms with Gasteiger partial charge in [-0.05, 0) is 12.1 Å². The monoisotopic (exact) mass is 227 g/mol. The lowest BCUT2D eigenvalue weighted by molar-refractivity contribution is 1.42. The van der Waals surface area contributed by atoms with Crippen molar-refractivity contribution in [1.29, 1.82) is 0 Å². The summed E-state index contributed by atoms with van der Waals surface area (Å²) in [5, 5.41) is 0. The summed E-state index contributed by atoms with van der Waals surface area (Å²) >= 11 is 0. The molecule has 3 heteroatoms. The number of H-pyrrole nitrogens is 1. The third kappa shape index (κ3) is 4.09. The van der Waals surface area contributed by atoms with Crippen LogP contribution in [0.4, 0.5) is 0 Å². The molecular weight excluding hydrogens is 222 g/mol. The minimum Gasteiger partial charge on any atom is -0.368 e. The maximum absolute atomic E-state index is 2.86. The largest absolute Gasteiger partial charge is 0.368 e. The summed E-state index contributed by atoms with van der Waals surface area (Å²) in [6.07, 6.45) is 3.75. The van der Waals surface area contributed by atoms with Gasteiger partial charge in [-0.3, -0.25) is 0 Å². The number of hydrogen-bond donors (Lipinski definition) is 1. The van der Waals surface area contributed by atoms with E-state index in [0.717, 1.165) is 0 Å². The number of aromatic amines is 1. The summed E-state index contributed by atoms with van der Waals surface area (Å²) < 4.78 is 0. The lowest BCUT2D eigenvalue weighted by Crippen LogP contribution is -1.38. The third-order valence-electron chi connectivity index (χ3n) is 0.496. The van der Waals surface area contributed by atoms with Crippen LogP contribution in [0.5, 0.6) is 0 Å². The zero-order chi connectivity index (χ0) is 3.54. The molecule has 0 aliphatic rings. The summed E-state index contributed by atoms with van der Waals surface area (Å²) in [5.41, 5.74) is 0. The Morgan fingerprint density at radius 3 is 1.43 bits per heavy atom. The summed E-state index contributed by atoms with van der Waals surface area (Å²) in [7, 11) is 0. The van der Waals surface area contributed by atoms with Gasteiger partial charge in [0.1, 0.15) is 0 Å². The smallest absolute Gasteiger partial charge is 0.000496 e. The van der Waals surface area contributed by atoms with Crippen LogP contribution in [0.25, 0.3) is 0 Å². The van der Waals surface area contributed by atoms with E-state index in [9.17, 15) is 0 Å². The van der Waals surface area contributed by atoms with Crippen LogP contribution in [0.15, 0.2) is 24.5 Å². The molecule has 1 N–H and O–H groups in total. The summed E-state index contributed by atoms with van der Waals surface area (Å²) in [6, 6.07) is 3.89. The van der Waals surface area contributed by atoms with Crippen molar-refractivity contribution in [2.75, 3.05) is 0 Å². The molecule has 0 saturated carbocycles. The number of aromatic nitrogens is 1. The SMILES string of the molecule is Br.Br.c1cc[nH]c1. The van der Waals surface area contributed by atoms with Gasteiger partial charge in [-0.15, -0.1) is 34.0 Å². The second-order valence-corrected chi connectivity index (χ2v) is 0.885. The lowest BCUT2D eigenvalue weighted by atomic mass is 10.7. The van der Waals surface area contributed by atoms with E-state index in [4.69, 9.17) is 0 Å². The van der Waals surface area contributed by atoms with Crippen LogP contribution in [-0.4, -0.2) is 4.98 Å². The normalized spacial score (nSPS) is 5.71. The fourth-order valence-corrected chi connectivity index (χ4v) is 0.278. The molecule has 1 aromatic rings. The van der Waals surface area contributed by atoms with Crippen molar-refractivity contribution in [2.24, 2.45) is 0 Å². The zero-order valence-corrected chi connectivity index (χ0v) is 7.05. The van der Waals surface area contributed by atoms with Gasteiger partial charge in [-0.1, -0.05) is 0 Å². The average molecular weight is 229 g/mol. The predicted octanol–water partition coefficient (Wildman–Crippen LogP) is 2.17. The van der Waals surface area contributed by atoms with Crippen molar-refractivity contribution in [3.05, 3.63) is 24.5 Å². The topological polar surface area (TPSA) is 15.8 Å². The minimum atomic E-state index is 0. The van der Waals surface area contributed by atoms with Gasteiger partial charge in [0, 0.05) is 12.4 Å². The summed E-state index contributed by atoms with van der Waals surface area (Å²) in [5.74, 6) is 0. The molecule has 0 saturated heterocycles. The first-order valence-electron chi connectivity index (χ1n) is 1.58. The second kappa shape index (κ2) is 6.24. The maximum Gasteiger partial charge on any atom is 0.000496 e. The van der Waals surface area contributed by atoms with Crippen molar-refractivity contribution >= 4 is 34.0 Å². The average Bonchev–Trinajstić information content (AvgIpc) is 1.76. The van der Waals surface area contributed by atoms with E-state index in [1.807, 2.05) is 24.5 Å². The molecular formula is C4H7Br2N. The third-order valence-corrected chi connectivity index (χ3v) is 0.496. The van der Waals surface area contributed by atoms with Crippen molar-refractivity contribution < 1.29 is 0 Å². The number of hydrogen-bond acceptors (Lipinski definition) is 0. The first-order chi connectivity index (χ1) is 2.50. The van der Waals surface area contributed by atoms with E-state index in [1.165, 1.54) is 0 Å². The van der Waals surface area contributed by atoms with Gasteiger partial charge >= 0.3 is 0 Å². The molecule has 1 heterocycles. The molecule has 0 bridgehead atoms. The molecule has 0 radical (unpaired) electrons.